The van der Waals surface area contributed by atoms with Crippen molar-refractivity contribution in [2.45, 2.75) is 6.10 Å². The number of aliphatic hydroxyl groups is 1. The van der Waals surface area contributed by atoms with E-state index < -0.39 is 6.10 Å². The van der Waals surface area contributed by atoms with E-state index in [1.807, 2.05) is 0 Å². The summed E-state index contributed by atoms with van der Waals surface area (Å²) in [6.07, 6.45) is -1.08. The number of aromatic hydroxyl groups is 1. The Hall–Kier alpha value is -1.55. The number of benzene rings is 1. The standard InChI is InChI=1S/C8H10N2O2/c9-8(10)7(12)5-1-3-6(11)4-2-5/h1-4,7,11-12H,(H3,9,10). The fourth-order valence-corrected chi connectivity index (χ4v) is 0.836. The van der Waals surface area contributed by atoms with Gasteiger partial charge in [-0.05, 0) is 17.7 Å². The van der Waals surface area contributed by atoms with Crippen molar-refractivity contribution < 1.29 is 10.2 Å². The first-order valence-electron chi connectivity index (χ1n) is 3.42. The molecule has 0 saturated heterocycles. The number of hydrogen-bond acceptors (Lipinski definition) is 3. The molecule has 0 aliphatic rings. The molecule has 1 rings (SSSR count). The Morgan fingerprint density at radius 1 is 1.33 bits per heavy atom. The molecule has 1 aromatic carbocycles. The van der Waals surface area contributed by atoms with Crippen molar-refractivity contribution in [2.75, 3.05) is 0 Å². The molecule has 0 saturated carbocycles. The maximum absolute atomic E-state index is 9.26. The molecule has 0 amide bonds. The molecule has 12 heavy (non-hydrogen) atoms. The Bertz CT molecular complexity index is 282. The van der Waals surface area contributed by atoms with Gasteiger partial charge in [0.15, 0.2) is 0 Å². The molecular formula is C8H10N2O2. The van der Waals surface area contributed by atoms with E-state index in [1.165, 1.54) is 24.3 Å². The summed E-state index contributed by atoms with van der Waals surface area (Å²) in [5.74, 6) is -0.185. The zero-order chi connectivity index (χ0) is 9.14. The third kappa shape index (κ3) is 1.73. The Morgan fingerprint density at radius 2 is 1.83 bits per heavy atom. The van der Waals surface area contributed by atoms with Gasteiger partial charge in [-0.2, -0.15) is 0 Å². The number of hydrogen-bond donors (Lipinski definition) is 4. The Balaban J connectivity index is 2.89. The van der Waals surface area contributed by atoms with Crippen LogP contribution >= 0.6 is 0 Å². The highest BCUT2D eigenvalue weighted by Gasteiger charge is 2.09. The van der Waals surface area contributed by atoms with Gasteiger partial charge in [-0.1, -0.05) is 12.1 Å². The minimum absolute atomic E-state index is 0.120. The molecule has 64 valence electrons. The molecule has 0 aliphatic heterocycles. The van der Waals surface area contributed by atoms with E-state index in [0.29, 0.717) is 5.56 Å². The van der Waals surface area contributed by atoms with Crippen LogP contribution in [0.5, 0.6) is 5.75 Å². The topological polar surface area (TPSA) is 90.3 Å². The Morgan fingerprint density at radius 3 is 2.25 bits per heavy atom. The second kappa shape index (κ2) is 3.23. The van der Waals surface area contributed by atoms with Crippen LogP contribution < -0.4 is 5.73 Å². The summed E-state index contributed by atoms with van der Waals surface area (Å²) >= 11 is 0. The molecule has 0 aromatic heterocycles. The fourth-order valence-electron chi connectivity index (χ4n) is 0.836. The van der Waals surface area contributed by atoms with Crippen LogP contribution in [0, 0.1) is 5.41 Å². The first-order valence-corrected chi connectivity index (χ1v) is 3.42. The summed E-state index contributed by atoms with van der Waals surface area (Å²) in [4.78, 5) is 0. The molecule has 0 spiro atoms. The maximum atomic E-state index is 9.26. The molecule has 1 aromatic rings. The number of nitrogens with two attached hydrogens (primary N) is 1. The zero-order valence-electron chi connectivity index (χ0n) is 6.36. The maximum Gasteiger partial charge on any atom is 0.135 e. The molecule has 1 atom stereocenters. The molecule has 0 fully saturated rings. The summed E-state index contributed by atoms with van der Waals surface area (Å²) in [6.45, 7) is 0. The van der Waals surface area contributed by atoms with Crippen molar-refractivity contribution in [3.05, 3.63) is 29.8 Å². The highest BCUT2D eigenvalue weighted by atomic mass is 16.3. The van der Waals surface area contributed by atoms with E-state index in [9.17, 15) is 5.11 Å². The van der Waals surface area contributed by atoms with Gasteiger partial charge in [0.2, 0.25) is 0 Å². The minimum Gasteiger partial charge on any atom is -0.508 e. The van der Waals surface area contributed by atoms with Crippen molar-refractivity contribution in [3.8, 4) is 5.75 Å². The smallest absolute Gasteiger partial charge is 0.135 e. The predicted octanol–water partition coefficient (Wildman–Crippen LogP) is 0.362. The summed E-state index contributed by atoms with van der Waals surface area (Å²) in [5.41, 5.74) is 5.58. The van der Waals surface area contributed by atoms with Crippen LogP contribution in [0.25, 0.3) is 0 Å². The van der Waals surface area contributed by atoms with Crippen LogP contribution in [0.4, 0.5) is 0 Å². The number of phenols is 1. The molecule has 0 bridgehead atoms. The average Bonchev–Trinajstić information content (AvgIpc) is 2.04. The lowest BCUT2D eigenvalue weighted by Gasteiger charge is -2.07. The van der Waals surface area contributed by atoms with Gasteiger partial charge in [-0.25, -0.2) is 0 Å². The summed E-state index contributed by atoms with van der Waals surface area (Å²) in [6, 6.07) is 5.89. The summed E-state index contributed by atoms with van der Waals surface area (Å²) < 4.78 is 0. The third-order valence-corrected chi connectivity index (χ3v) is 1.50. The lowest BCUT2D eigenvalue weighted by Crippen LogP contribution is -2.19. The van der Waals surface area contributed by atoms with Crippen molar-refractivity contribution in [2.24, 2.45) is 5.73 Å². The van der Waals surface area contributed by atoms with Crippen LogP contribution in [0.1, 0.15) is 11.7 Å². The second-order valence-electron chi connectivity index (χ2n) is 2.45. The van der Waals surface area contributed by atoms with E-state index in [0.717, 1.165) is 0 Å². The number of phenolic OH excluding ortho intramolecular Hbond substituents is 1. The van der Waals surface area contributed by atoms with Crippen molar-refractivity contribution in [1.82, 2.24) is 0 Å². The normalized spacial score (nSPS) is 12.4. The zero-order valence-corrected chi connectivity index (χ0v) is 6.36. The van der Waals surface area contributed by atoms with Crippen molar-refractivity contribution >= 4 is 5.84 Å². The Kier molecular flexibility index (Phi) is 2.30. The number of nitrogens with one attached hydrogen (secondary N) is 1. The summed E-state index contributed by atoms with van der Waals surface area (Å²) in [5, 5.41) is 25.1. The van der Waals surface area contributed by atoms with Gasteiger partial charge in [-0.15, -0.1) is 0 Å². The molecule has 4 heteroatoms. The molecule has 0 aliphatic carbocycles. The van der Waals surface area contributed by atoms with E-state index in [4.69, 9.17) is 16.2 Å². The molecular weight excluding hydrogens is 156 g/mol. The van der Waals surface area contributed by atoms with Gasteiger partial charge < -0.3 is 15.9 Å². The van der Waals surface area contributed by atoms with Gasteiger partial charge in [0.05, 0.1) is 0 Å². The lowest BCUT2D eigenvalue weighted by atomic mass is 10.1. The highest BCUT2D eigenvalue weighted by molar-refractivity contribution is 5.82. The van der Waals surface area contributed by atoms with Crippen LogP contribution in [0.3, 0.4) is 0 Å². The van der Waals surface area contributed by atoms with E-state index >= 15 is 0 Å². The van der Waals surface area contributed by atoms with Gasteiger partial charge in [0.25, 0.3) is 0 Å². The highest BCUT2D eigenvalue weighted by Crippen LogP contribution is 2.15. The molecule has 4 nitrogen and oxygen atoms in total. The Labute approximate surface area is 69.8 Å². The number of amidine groups is 1. The largest absolute Gasteiger partial charge is 0.508 e. The molecule has 1 unspecified atom stereocenters. The average molecular weight is 166 g/mol. The van der Waals surface area contributed by atoms with Crippen molar-refractivity contribution in [3.63, 3.8) is 0 Å². The second-order valence-corrected chi connectivity index (χ2v) is 2.45. The fraction of sp³-hybridized carbons (Fsp3) is 0.125. The quantitative estimate of drug-likeness (QED) is 0.377. The molecule has 5 N–H and O–H groups in total. The van der Waals surface area contributed by atoms with Gasteiger partial charge in [0.1, 0.15) is 17.7 Å². The lowest BCUT2D eigenvalue weighted by molar-refractivity contribution is 0.245. The predicted molar refractivity (Wildman–Crippen MR) is 45.0 cm³/mol. The van der Waals surface area contributed by atoms with Crippen LogP contribution in [-0.4, -0.2) is 16.0 Å². The van der Waals surface area contributed by atoms with Crippen LogP contribution in [-0.2, 0) is 0 Å². The first-order chi connectivity index (χ1) is 5.61. The number of aliphatic hydroxyl groups excluding tert-OH is 1. The molecule has 0 heterocycles. The van der Waals surface area contributed by atoms with E-state index in [1.54, 1.807) is 0 Å². The van der Waals surface area contributed by atoms with E-state index in [-0.39, 0.29) is 11.6 Å². The monoisotopic (exact) mass is 166 g/mol. The number of rotatable bonds is 2. The summed E-state index contributed by atoms with van der Waals surface area (Å²) in [7, 11) is 0. The van der Waals surface area contributed by atoms with Gasteiger partial charge in [0, 0.05) is 0 Å². The van der Waals surface area contributed by atoms with Crippen molar-refractivity contribution in [1.29, 1.82) is 5.41 Å². The SMILES string of the molecule is N=C(N)C(O)c1ccc(O)cc1. The van der Waals surface area contributed by atoms with Gasteiger partial charge >= 0.3 is 0 Å². The first kappa shape index (κ1) is 8.55. The van der Waals surface area contributed by atoms with Gasteiger partial charge in [-0.3, -0.25) is 5.41 Å². The van der Waals surface area contributed by atoms with Crippen LogP contribution in [0.2, 0.25) is 0 Å². The minimum atomic E-state index is -1.08. The van der Waals surface area contributed by atoms with Crippen LogP contribution in [0.15, 0.2) is 24.3 Å². The van der Waals surface area contributed by atoms with E-state index in [2.05, 4.69) is 0 Å². The third-order valence-electron chi connectivity index (χ3n) is 1.50. The molecule has 0 radical (unpaired) electrons.